The third kappa shape index (κ3) is 2.52. The van der Waals surface area contributed by atoms with Gasteiger partial charge in [0.05, 0.1) is 7.11 Å². The molecule has 14 heavy (non-hydrogen) atoms. The molecule has 0 amide bonds. The number of ether oxygens (including phenoxy) is 1. The molecule has 1 aromatic carbocycles. The molecule has 0 bridgehead atoms. The van der Waals surface area contributed by atoms with Gasteiger partial charge in [0, 0.05) is 6.08 Å². The first-order valence-corrected chi connectivity index (χ1v) is 3.91. The number of aromatic hydroxyl groups is 1. The van der Waals surface area contributed by atoms with Crippen molar-refractivity contribution >= 4 is 12.0 Å². The minimum absolute atomic E-state index is 0.0278. The van der Waals surface area contributed by atoms with Crippen LogP contribution < -0.4 is 4.74 Å². The van der Waals surface area contributed by atoms with Crippen molar-refractivity contribution in [3.63, 3.8) is 0 Å². The van der Waals surface area contributed by atoms with Crippen molar-refractivity contribution in [1.29, 1.82) is 0 Å². The smallest absolute Gasteiger partial charge is 0.328 e. The molecule has 1 rings (SSSR count). The fourth-order valence-corrected chi connectivity index (χ4v) is 0.965. The van der Waals surface area contributed by atoms with E-state index in [-0.39, 0.29) is 5.75 Å². The van der Waals surface area contributed by atoms with Crippen LogP contribution in [0.3, 0.4) is 0 Å². The molecule has 0 radical (unpaired) electrons. The summed E-state index contributed by atoms with van der Waals surface area (Å²) in [4.78, 5) is 10.2. The fourth-order valence-electron chi connectivity index (χ4n) is 0.965. The number of carboxylic acids is 1. The van der Waals surface area contributed by atoms with Crippen LogP contribution >= 0.6 is 0 Å². The molecule has 0 atom stereocenters. The molecule has 0 saturated carbocycles. The standard InChI is InChI=1S/C10H10O4/c1-14-9-6-7(2-4-8(9)11)3-5-10(12)13/h2-6,11H,1H3,(H,12,13)/i6+1. The van der Waals surface area contributed by atoms with E-state index in [0.29, 0.717) is 11.3 Å². The highest BCUT2D eigenvalue weighted by molar-refractivity contribution is 5.85. The molecule has 0 aliphatic carbocycles. The van der Waals surface area contributed by atoms with Crippen molar-refractivity contribution in [2.75, 3.05) is 7.11 Å². The van der Waals surface area contributed by atoms with E-state index in [1.54, 1.807) is 12.1 Å². The van der Waals surface area contributed by atoms with E-state index >= 15 is 0 Å². The van der Waals surface area contributed by atoms with Crippen LogP contribution in [0.4, 0.5) is 0 Å². The Kier molecular flexibility index (Phi) is 3.12. The van der Waals surface area contributed by atoms with E-state index in [1.807, 2.05) is 0 Å². The highest BCUT2D eigenvalue weighted by Gasteiger charge is 2.00. The molecule has 0 aromatic heterocycles. The predicted molar refractivity (Wildman–Crippen MR) is 51.3 cm³/mol. The first kappa shape index (κ1) is 10.1. The average molecular weight is 195 g/mol. The Bertz CT molecular complexity index is 368. The highest BCUT2D eigenvalue weighted by atomic mass is 16.5. The van der Waals surface area contributed by atoms with Crippen molar-refractivity contribution in [2.45, 2.75) is 0 Å². The fraction of sp³-hybridized carbons (Fsp3) is 0.100. The normalized spacial score (nSPS) is 10.4. The van der Waals surface area contributed by atoms with Crippen LogP contribution in [0.25, 0.3) is 6.08 Å². The molecule has 2 N–H and O–H groups in total. The SMILES string of the molecule is COc1[13cH]c(C=CC(=O)O)ccc1O. The maximum absolute atomic E-state index is 10.2. The Morgan fingerprint density at radius 3 is 2.79 bits per heavy atom. The summed E-state index contributed by atoms with van der Waals surface area (Å²) in [5.41, 5.74) is 0.655. The molecule has 0 unspecified atom stereocenters. The van der Waals surface area contributed by atoms with Gasteiger partial charge >= 0.3 is 5.97 Å². The summed E-state index contributed by atoms with van der Waals surface area (Å²) >= 11 is 0. The van der Waals surface area contributed by atoms with Crippen LogP contribution in [-0.4, -0.2) is 23.3 Å². The summed E-state index contributed by atoms with van der Waals surface area (Å²) in [6, 6.07) is 4.59. The highest BCUT2D eigenvalue weighted by Crippen LogP contribution is 2.26. The molecule has 0 heterocycles. The summed E-state index contributed by atoms with van der Waals surface area (Å²) in [6.45, 7) is 0. The lowest BCUT2D eigenvalue weighted by Crippen LogP contribution is -1.87. The molecular weight excluding hydrogens is 185 g/mol. The lowest BCUT2D eigenvalue weighted by Gasteiger charge is -2.03. The van der Waals surface area contributed by atoms with E-state index in [9.17, 15) is 9.90 Å². The maximum atomic E-state index is 10.2. The Hall–Kier alpha value is -1.97. The molecule has 0 spiro atoms. The van der Waals surface area contributed by atoms with Crippen LogP contribution in [0.15, 0.2) is 24.3 Å². The molecule has 0 aliphatic rings. The molecule has 0 aliphatic heterocycles. The molecule has 0 fully saturated rings. The van der Waals surface area contributed by atoms with Gasteiger partial charge in [-0.3, -0.25) is 0 Å². The van der Waals surface area contributed by atoms with E-state index in [2.05, 4.69) is 0 Å². The molecular formula is C10H10O4. The minimum Gasteiger partial charge on any atom is -0.504 e. The number of methoxy groups -OCH3 is 1. The second-order valence-corrected chi connectivity index (χ2v) is 2.60. The average Bonchev–Trinajstić information content (AvgIpc) is 2.16. The second-order valence-electron chi connectivity index (χ2n) is 2.60. The third-order valence-corrected chi connectivity index (χ3v) is 1.62. The number of carboxylic acid groups (broad SMARTS) is 1. The van der Waals surface area contributed by atoms with Gasteiger partial charge < -0.3 is 14.9 Å². The lowest BCUT2D eigenvalue weighted by molar-refractivity contribution is -0.131. The molecule has 1 aromatic rings. The first-order valence-electron chi connectivity index (χ1n) is 3.91. The summed E-state index contributed by atoms with van der Waals surface area (Å²) in [5.74, 6) is -0.672. The quantitative estimate of drug-likeness (QED) is 0.717. The summed E-state index contributed by atoms with van der Waals surface area (Å²) in [7, 11) is 1.43. The first-order chi connectivity index (χ1) is 6.63. The molecule has 4 heteroatoms. The van der Waals surface area contributed by atoms with Gasteiger partial charge in [0.1, 0.15) is 0 Å². The largest absolute Gasteiger partial charge is 0.504 e. The monoisotopic (exact) mass is 195 g/mol. The van der Waals surface area contributed by atoms with Gasteiger partial charge in [0.15, 0.2) is 11.5 Å². The number of phenolic OH excluding ortho intramolecular Hbond substituents is 1. The van der Waals surface area contributed by atoms with Crippen molar-refractivity contribution in [2.24, 2.45) is 0 Å². The Balaban J connectivity index is 2.95. The van der Waals surface area contributed by atoms with Gasteiger partial charge in [0.25, 0.3) is 0 Å². The topological polar surface area (TPSA) is 66.8 Å². The van der Waals surface area contributed by atoms with Gasteiger partial charge in [-0.2, -0.15) is 0 Å². The Morgan fingerprint density at radius 2 is 2.21 bits per heavy atom. The molecule has 0 saturated heterocycles. The van der Waals surface area contributed by atoms with Crippen molar-refractivity contribution < 1.29 is 19.7 Å². The number of benzene rings is 1. The zero-order valence-corrected chi connectivity index (χ0v) is 7.60. The van der Waals surface area contributed by atoms with Crippen LogP contribution in [0, 0.1) is 0 Å². The van der Waals surface area contributed by atoms with Gasteiger partial charge in [-0.05, 0) is 23.8 Å². The van der Waals surface area contributed by atoms with Crippen molar-refractivity contribution in [1.82, 2.24) is 0 Å². The molecule has 74 valence electrons. The number of rotatable bonds is 3. The van der Waals surface area contributed by atoms with E-state index in [0.717, 1.165) is 6.08 Å². The van der Waals surface area contributed by atoms with Gasteiger partial charge in [-0.1, -0.05) is 6.07 Å². The molecule has 4 nitrogen and oxygen atoms in total. The number of carbonyl (C=O) groups is 1. The van der Waals surface area contributed by atoms with Crippen molar-refractivity contribution in [3.8, 4) is 11.5 Å². The lowest BCUT2D eigenvalue weighted by atomic mass is 10.2. The van der Waals surface area contributed by atoms with E-state index < -0.39 is 5.97 Å². The number of hydrogen-bond acceptors (Lipinski definition) is 3. The maximum Gasteiger partial charge on any atom is 0.328 e. The Labute approximate surface area is 81.1 Å². The van der Waals surface area contributed by atoms with E-state index in [1.165, 1.54) is 19.3 Å². The number of phenols is 1. The Morgan fingerprint density at radius 1 is 1.50 bits per heavy atom. The zero-order chi connectivity index (χ0) is 10.6. The van der Waals surface area contributed by atoms with E-state index in [4.69, 9.17) is 9.84 Å². The van der Waals surface area contributed by atoms with Crippen LogP contribution in [0.5, 0.6) is 11.5 Å². The number of hydrogen-bond donors (Lipinski definition) is 2. The van der Waals surface area contributed by atoms with Crippen LogP contribution in [0.2, 0.25) is 0 Å². The summed E-state index contributed by atoms with van der Waals surface area (Å²) in [6.07, 6.45) is 2.44. The van der Waals surface area contributed by atoms with Crippen LogP contribution in [-0.2, 0) is 4.79 Å². The van der Waals surface area contributed by atoms with Gasteiger partial charge in [-0.15, -0.1) is 0 Å². The van der Waals surface area contributed by atoms with Gasteiger partial charge in [0.2, 0.25) is 0 Å². The minimum atomic E-state index is -1.02. The van der Waals surface area contributed by atoms with Crippen LogP contribution in [0.1, 0.15) is 5.56 Å². The van der Waals surface area contributed by atoms with Crippen molar-refractivity contribution in [3.05, 3.63) is 29.8 Å². The summed E-state index contributed by atoms with van der Waals surface area (Å²) in [5, 5.41) is 17.6. The predicted octanol–water partition coefficient (Wildman–Crippen LogP) is 1.50. The zero-order valence-electron chi connectivity index (χ0n) is 7.60. The summed E-state index contributed by atoms with van der Waals surface area (Å²) < 4.78 is 4.86. The van der Waals surface area contributed by atoms with Gasteiger partial charge in [-0.25, -0.2) is 4.79 Å². The number of aliphatic carboxylic acids is 1. The third-order valence-electron chi connectivity index (χ3n) is 1.62. The second kappa shape index (κ2) is 4.32.